The number of pyridine rings is 1. The minimum absolute atomic E-state index is 0.474. The average Bonchev–Trinajstić information content (AvgIpc) is 2.53. The summed E-state index contributed by atoms with van der Waals surface area (Å²) in [7, 11) is 3.15. The lowest BCUT2D eigenvalue weighted by Crippen LogP contribution is -1.96. The van der Waals surface area contributed by atoms with Crippen molar-refractivity contribution in [1.82, 2.24) is 15.2 Å². The summed E-state index contributed by atoms with van der Waals surface area (Å²) in [5.74, 6) is 1.00. The molecule has 3 aromatic rings. The van der Waals surface area contributed by atoms with Gasteiger partial charge in [0.2, 0.25) is 11.8 Å². The molecule has 0 atom stereocenters. The molecule has 0 bridgehead atoms. The molecule has 2 heterocycles. The van der Waals surface area contributed by atoms with Gasteiger partial charge in [-0.25, -0.2) is 4.98 Å². The van der Waals surface area contributed by atoms with Crippen molar-refractivity contribution < 1.29 is 9.47 Å². The summed E-state index contributed by atoms with van der Waals surface area (Å²) in [6, 6.07) is 13.5. The summed E-state index contributed by atoms with van der Waals surface area (Å²) in [5, 5.41) is 9.14. The van der Waals surface area contributed by atoms with Gasteiger partial charge >= 0.3 is 0 Å². The second-order valence-electron chi connectivity index (χ2n) is 4.20. The molecule has 1 aromatic carbocycles. The van der Waals surface area contributed by atoms with Crippen molar-refractivity contribution in [2.45, 2.75) is 0 Å². The van der Waals surface area contributed by atoms with Crippen LogP contribution in [0.2, 0.25) is 0 Å². The van der Waals surface area contributed by atoms with Gasteiger partial charge in [0.15, 0.2) is 0 Å². The summed E-state index contributed by atoms with van der Waals surface area (Å²) in [4.78, 5) is 4.49. The maximum absolute atomic E-state index is 5.35. The molecule has 0 aliphatic carbocycles. The molecule has 2 aromatic heterocycles. The Morgan fingerprint density at radius 1 is 0.900 bits per heavy atom. The smallest absolute Gasteiger partial charge is 0.233 e. The topological polar surface area (TPSA) is 57.1 Å². The van der Waals surface area contributed by atoms with E-state index in [0.717, 1.165) is 16.5 Å². The summed E-state index contributed by atoms with van der Waals surface area (Å²) in [5.41, 5.74) is 2.39. The van der Waals surface area contributed by atoms with E-state index in [4.69, 9.17) is 9.47 Å². The van der Waals surface area contributed by atoms with Crippen LogP contribution in [0.5, 0.6) is 11.8 Å². The van der Waals surface area contributed by atoms with E-state index in [0.29, 0.717) is 17.5 Å². The van der Waals surface area contributed by atoms with Crippen LogP contribution >= 0.6 is 0 Å². The van der Waals surface area contributed by atoms with E-state index in [-0.39, 0.29) is 0 Å². The van der Waals surface area contributed by atoms with Crippen LogP contribution in [0, 0.1) is 0 Å². The molecule has 5 nitrogen and oxygen atoms in total. The minimum Gasteiger partial charge on any atom is -0.480 e. The molecule has 3 rings (SSSR count). The van der Waals surface area contributed by atoms with Gasteiger partial charge in [0.05, 0.1) is 31.0 Å². The zero-order chi connectivity index (χ0) is 13.9. The molecule has 5 heteroatoms. The highest BCUT2D eigenvalue weighted by Crippen LogP contribution is 2.30. The molecule has 0 aliphatic heterocycles. The molecule has 20 heavy (non-hydrogen) atoms. The molecule has 0 saturated carbocycles. The largest absolute Gasteiger partial charge is 0.480 e. The van der Waals surface area contributed by atoms with Crippen LogP contribution in [-0.4, -0.2) is 29.4 Å². The Hall–Kier alpha value is -2.69. The van der Waals surface area contributed by atoms with Crippen molar-refractivity contribution in [3.8, 4) is 23.0 Å². The third kappa shape index (κ3) is 2.14. The van der Waals surface area contributed by atoms with Crippen LogP contribution in [0.3, 0.4) is 0 Å². The number of para-hydroxylation sites is 1. The third-order valence-corrected chi connectivity index (χ3v) is 3.01. The zero-order valence-corrected chi connectivity index (χ0v) is 11.2. The number of aromatic nitrogens is 3. The number of rotatable bonds is 3. The Morgan fingerprint density at radius 2 is 1.75 bits per heavy atom. The molecule has 0 spiro atoms. The molecule has 0 saturated heterocycles. The molecule has 0 aliphatic rings. The second kappa shape index (κ2) is 5.13. The van der Waals surface area contributed by atoms with Crippen molar-refractivity contribution in [2.24, 2.45) is 0 Å². The van der Waals surface area contributed by atoms with Gasteiger partial charge in [-0.2, -0.15) is 0 Å². The van der Waals surface area contributed by atoms with Gasteiger partial charge in [-0.1, -0.05) is 18.2 Å². The van der Waals surface area contributed by atoms with E-state index in [9.17, 15) is 0 Å². The maximum Gasteiger partial charge on any atom is 0.233 e. The van der Waals surface area contributed by atoms with Gasteiger partial charge in [0.1, 0.15) is 0 Å². The Bertz CT molecular complexity index is 742. The average molecular weight is 267 g/mol. The number of hydrogen-bond donors (Lipinski definition) is 0. The van der Waals surface area contributed by atoms with E-state index < -0.39 is 0 Å². The van der Waals surface area contributed by atoms with Gasteiger partial charge in [0.25, 0.3) is 0 Å². The maximum atomic E-state index is 5.35. The van der Waals surface area contributed by atoms with Gasteiger partial charge < -0.3 is 9.47 Å². The first-order valence-electron chi connectivity index (χ1n) is 6.13. The fraction of sp³-hybridized carbons (Fsp3) is 0.133. The Labute approximate surface area is 116 Å². The van der Waals surface area contributed by atoms with Crippen molar-refractivity contribution in [2.75, 3.05) is 14.2 Å². The van der Waals surface area contributed by atoms with E-state index in [1.165, 1.54) is 0 Å². The highest BCUT2D eigenvalue weighted by Gasteiger charge is 2.11. The van der Waals surface area contributed by atoms with Crippen LogP contribution in [0.25, 0.3) is 22.2 Å². The lowest BCUT2D eigenvalue weighted by Gasteiger charge is -2.08. The van der Waals surface area contributed by atoms with Gasteiger partial charge in [-0.15, -0.1) is 10.2 Å². The minimum atomic E-state index is 0.474. The molecule has 0 N–H and O–H groups in total. The summed E-state index contributed by atoms with van der Waals surface area (Å²) in [6.07, 6.45) is 0. The summed E-state index contributed by atoms with van der Waals surface area (Å²) >= 11 is 0. The second-order valence-corrected chi connectivity index (χ2v) is 4.20. The van der Waals surface area contributed by atoms with Crippen molar-refractivity contribution in [3.63, 3.8) is 0 Å². The molecular weight excluding hydrogens is 254 g/mol. The number of nitrogens with zero attached hydrogens (tertiary/aromatic N) is 3. The SMILES string of the molecule is COc1ccc(-c2cc3ccccc3nc2OC)nn1. The van der Waals surface area contributed by atoms with E-state index in [2.05, 4.69) is 15.2 Å². The normalized spacial score (nSPS) is 10.5. The number of hydrogen-bond acceptors (Lipinski definition) is 5. The molecule has 100 valence electrons. The molecular formula is C15H13N3O2. The standard InChI is InChI=1S/C15H13N3O2/c1-19-14-8-7-13(17-18-14)11-9-10-5-3-4-6-12(10)16-15(11)20-2/h3-9H,1-2H3. The van der Waals surface area contributed by atoms with E-state index >= 15 is 0 Å². The first-order valence-corrected chi connectivity index (χ1v) is 6.13. The highest BCUT2D eigenvalue weighted by molar-refractivity contribution is 5.85. The lowest BCUT2D eigenvalue weighted by molar-refractivity contribution is 0.391. The number of fused-ring (bicyclic) bond motifs is 1. The Kier molecular flexibility index (Phi) is 3.16. The summed E-state index contributed by atoms with van der Waals surface area (Å²) < 4.78 is 10.4. The monoisotopic (exact) mass is 267 g/mol. The third-order valence-electron chi connectivity index (χ3n) is 3.01. The van der Waals surface area contributed by atoms with E-state index in [1.54, 1.807) is 20.3 Å². The van der Waals surface area contributed by atoms with Crippen molar-refractivity contribution in [1.29, 1.82) is 0 Å². The van der Waals surface area contributed by atoms with E-state index in [1.807, 2.05) is 36.4 Å². The first-order chi connectivity index (χ1) is 9.81. The quantitative estimate of drug-likeness (QED) is 0.730. The number of ether oxygens (including phenoxy) is 2. The Balaban J connectivity index is 2.17. The van der Waals surface area contributed by atoms with Crippen LogP contribution < -0.4 is 9.47 Å². The van der Waals surface area contributed by atoms with Crippen LogP contribution in [0.4, 0.5) is 0 Å². The zero-order valence-electron chi connectivity index (χ0n) is 11.2. The molecule has 0 amide bonds. The fourth-order valence-electron chi connectivity index (χ4n) is 2.01. The molecule has 0 radical (unpaired) electrons. The molecule has 0 fully saturated rings. The predicted molar refractivity (Wildman–Crippen MR) is 75.9 cm³/mol. The highest BCUT2D eigenvalue weighted by atomic mass is 16.5. The van der Waals surface area contributed by atoms with Crippen LogP contribution in [0.1, 0.15) is 0 Å². The van der Waals surface area contributed by atoms with Crippen LogP contribution in [-0.2, 0) is 0 Å². The number of methoxy groups -OCH3 is 2. The Morgan fingerprint density at radius 3 is 2.45 bits per heavy atom. The summed E-state index contributed by atoms with van der Waals surface area (Å²) in [6.45, 7) is 0. The lowest BCUT2D eigenvalue weighted by atomic mass is 10.1. The van der Waals surface area contributed by atoms with Gasteiger partial charge in [-0.3, -0.25) is 0 Å². The number of benzene rings is 1. The van der Waals surface area contributed by atoms with Gasteiger partial charge in [0, 0.05) is 11.5 Å². The van der Waals surface area contributed by atoms with Crippen molar-refractivity contribution >= 4 is 10.9 Å². The van der Waals surface area contributed by atoms with Gasteiger partial charge in [-0.05, 0) is 18.2 Å². The molecule has 0 unspecified atom stereocenters. The first kappa shape index (κ1) is 12.3. The van der Waals surface area contributed by atoms with Crippen molar-refractivity contribution in [3.05, 3.63) is 42.5 Å². The fourth-order valence-corrected chi connectivity index (χ4v) is 2.01. The predicted octanol–water partition coefficient (Wildman–Crippen LogP) is 2.71. The van der Waals surface area contributed by atoms with Crippen LogP contribution in [0.15, 0.2) is 42.5 Å².